The smallest absolute Gasteiger partial charge is 0.265 e. The third-order valence-electron chi connectivity index (χ3n) is 2.36. The summed E-state index contributed by atoms with van der Waals surface area (Å²) >= 11 is 3.44. The van der Waals surface area contributed by atoms with Crippen LogP contribution in [0.1, 0.15) is 15.9 Å². The molecule has 0 radical (unpaired) electrons. The van der Waals surface area contributed by atoms with Crippen molar-refractivity contribution in [2.45, 2.75) is 6.54 Å². The van der Waals surface area contributed by atoms with Crippen molar-refractivity contribution in [1.82, 2.24) is 15.0 Å². The third kappa shape index (κ3) is 2.72. The molecule has 0 fully saturated rings. The Labute approximate surface area is 107 Å². The number of carbonyl (C=O) groups excluding carboxylic acids is 1. The van der Waals surface area contributed by atoms with Gasteiger partial charge in [0.1, 0.15) is 0 Å². The van der Waals surface area contributed by atoms with Gasteiger partial charge in [-0.3, -0.25) is 10.2 Å². The van der Waals surface area contributed by atoms with Crippen LogP contribution >= 0.6 is 15.9 Å². The van der Waals surface area contributed by atoms with Gasteiger partial charge in [0.25, 0.3) is 5.91 Å². The first-order chi connectivity index (χ1) is 8.20. The standard InChI is InChI=1S/C11H11BrN4O/c12-10-5-8(11(17)15-13)1-2-9(10)6-16-4-3-14-7-16/h1-5,7H,6,13H2,(H,15,17). The normalized spacial score (nSPS) is 10.2. The van der Waals surface area contributed by atoms with Crippen molar-refractivity contribution in [3.8, 4) is 0 Å². The van der Waals surface area contributed by atoms with Crippen LogP contribution in [0.5, 0.6) is 0 Å². The minimum atomic E-state index is -0.306. The molecule has 0 aliphatic heterocycles. The highest BCUT2D eigenvalue weighted by molar-refractivity contribution is 9.10. The molecule has 1 amide bonds. The molecule has 3 N–H and O–H groups in total. The summed E-state index contributed by atoms with van der Waals surface area (Å²) in [5, 5.41) is 0. The number of hydrazine groups is 1. The van der Waals surface area contributed by atoms with Gasteiger partial charge in [-0.25, -0.2) is 10.8 Å². The average Bonchev–Trinajstić information content (AvgIpc) is 2.83. The van der Waals surface area contributed by atoms with Crippen LogP contribution in [-0.2, 0) is 6.54 Å². The highest BCUT2D eigenvalue weighted by atomic mass is 79.9. The highest BCUT2D eigenvalue weighted by Crippen LogP contribution is 2.19. The number of nitrogens with zero attached hydrogens (tertiary/aromatic N) is 2. The molecule has 88 valence electrons. The number of imidazole rings is 1. The summed E-state index contributed by atoms with van der Waals surface area (Å²) in [5.74, 6) is 4.77. The lowest BCUT2D eigenvalue weighted by molar-refractivity contribution is 0.0953. The Morgan fingerprint density at radius 1 is 1.53 bits per heavy atom. The van der Waals surface area contributed by atoms with Gasteiger partial charge in [0.15, 0.2) is 0 Å². The summed E-state index contributed by atoms with van der Waals surface area (Å²) in [6.45, 7) is 0.700. The first-order valence-corrected chi connectivity index (χ1v) is 5.75. The molecule has 0 atom stereocenters. The number of amides is 1. The van der Waals surface area contributed by atoms with Gasteiger partial charge in [-0.15, -0.1) is 0 Å². The summed E-state index contributed by atoms with van der Waals surface area (Å²) in [5.41, 5.74) is 3.69. The number of nitrogens with two attached hydrogens (primary N) is 1. The summed E-state index contributed by atoms with van der Waals surface area (Å²) in [7, 11) is 0. The molecule has 17 heavy (non-hydrogen) atoms. The van der Waals surface area contributed by atoms with E-state index in [0.29, 0.717) is 12.1 Å². The van der Waals surface area contributed by atoms with E-state index >= 15 is 0 Å². The van der Waals surface area contributed by atoms with E-state index in [1.54, 1.807) is 24.7 Å². The summed E-state index contributed by atoms with van der Waals surface area (Å²) in [6.07, 6.45) is 5.35. The van der Waals surface area contributed by atoms with Gasteiger partial charge in [-0.1, -0.05) is 22.0 Å². The monoisotopic (exact) mass is 294 g/mol. The van der Waals surface area contributed by atoms with E-state index in [1.165, 1.54) is 0 Å². The van der Waals surface area contributed by atoms with E-state index < -0.39 is 0 Å². The average molecular weight is 295 g/mol. The van der Waals surface area contributed by atoms with Gasteiger partial charge in [0.2, 0.25) is 0 Å². The lowest BCUT2D eigenvalue weighted by Crippen LogP contribution is -2.29. The van der Waals surface area contributed by atoms with Crippen molar-refractivity contribution in [2.75, 3.05) is 0 Å². The number of hydrogen-bond donors (Lipinski definition) is 2. The van der Waals surface area contributed by atoms with E-state index in [1.807, 2.05) is 16.8 Å². The van der Waals surface area contributed by atoms with Crippen LogP contribution in [0.3, 0.4) is 0 Å². The van der Waals surface area contributed by atoms with Crippen molar-refractivity contribution in [2.24, 2.45) is 5.84 Å². The van der Waals surface area contributed by atoms with Crippen molar-refractivity contribution in [3.63, 3.8) is 0 Å². The minimum absolute atomic E-state index is 0.306. The van der Waals surface area contributed by atoms with Crippen LogP contribution in [0.4, 0.5) is 0 Å². The molecule has 2 rings (SSSR count). The molecule has 1 aromatic carbocycles. The van der Waals surface area contributed by atoms with Crippen LogP contribution in [-0.4, -0.2) is 15.5 Å². The molecule has 5 nitrogen and oxygen atoms in total. The Morgan fingerprint density at radius 2 is 2.35 bits per heavy atom. The molecule has 0 unspecified atom stereocenters. The van der Waals surface area contributed by atoms with Crippen LogP contribution in [0.15, 0.2) is 41.4 Å². The zero-order valence-electron chi connectivity index (χ0n) is 8.93. The molecule has 0 aliphatic carbocycles. The second kappa shape index (κ2) is 5.11. The third-order valence-corrected chi connectivity index (χ3v) is 3.10. The topological polar surface area (TPSA) is 72.9 Å². The van der Waals surface area contributed by atoms with Crippen LogP contribution in [0.2, 0.25) is 0 Å². The first kappa shape index (κ1) is 11.8. The molecular weight excluding hydrogens is 284 g/mol. The Kier molecular flexibility index (Phi) is 3.55. The van der Waals surface area contributed by atoms with Crippen molar-refractivity contribution < 1.29 is 4.79 Å². The summed E-state index contributed by atoms with van der Waals surface area (Å²) in [4.78, 5) is 15.3. The Morgan fingerprint density at radius 3 is 2.94 bits per heavy atom. The number of benzene rings is 1. The molecule has 0 spiro atoms. The molecular formula is C11H11BrN4O. The SMILES string of the molecule is NNC(=O)c1ccc(Cn2ccnc2)c(Br)c1. The second-order valence-corrected chi connectivity index (χ2v) is 4.37. The predicted octanol–water partition coefficient (Wildman–Crippen LogP) is 1.30. The fraction of sp³-hybridized carbons (Fsp3) is 0.0909. The van der Waals surface area contributed by atoms with Crippen LogP contribution in [0, 0.1) is 0 Å². The van der Waals surface area contributed by atoms with E-state index in [9.17, 15) is 4.79 Å². The Hall–Kier alpha value is -1.66. The fourth-order valence-corrected chi connectivity index (χ4v) is 1.98. The Bertz CT molecular complexity index is 524. The van der Waals surface area contributed by atoms with E-state index in [0.717, 1.165) is 10.0 Å². The van der Waals surface area contributed by atoms with Gasteiger partial charge in [0.05, 0.1) is 6.33 Å². The van der Waals surface area contributed by atoms with E-state index in [4.69, 9.17) is 5.84 Å². The van der Waals surface area contributed by atoms with Gasteiger partial charge in [-0.2, -0.15) is 0 Å². The molecule has 2 aromatic rings. The van der Waals surface area contributed by atoms with Crippen molar-refractivity contribution in [3.05, 3.63) is 52.5 Å². The van der Waals surface area contributed by atoms with Gasteiger partial charge in [-0.05, 0) is 17.7 Å². The molecule has 0 saturated heterocycles. The number of nitrogen functional groups attached to an aromatic ring is 1. The maximum absolute atomic E-state index is 11.3. The van der Waals surface area contributed by atoms with Gasteiger partial charge >= 0.3 is 0 Å². The number of carbonyl (C=O) groups is 1. The number of halogens is 1. The lowest BCUT2D eigenvalue weighted by atomic mass is 10.1. The molecule has 0 saturated carbocycles. The molecule has 0 aliphatic rings. The van der Waals surface area contributed by atoms with Gasteiger partial charge in [0, 0.05) is 29.0 Å². The number of nitrogens with one attached hydrogen (secondary N) is 1. The fourth-order valence-electron chi connectivity index (χ4n) is 1.48. The second-order valence-electron chi connectivity index (χ2n) is 3.51. The number of hydrogen-bond acceptors (Lipinski definition) is 3. The summed E-state index contributed by atoms with van der Waals surface area (Å²) < 4.78 is 2.82. The first-order valence-electron chi connectivity index (χ1n) is 4.96. The van der Waals surface area contributed by atoms with E-state index in [2.05, 4.69) is 26.3 Å². The zero-order valence-corrected chi connectivity index (χ0v) is 10.5. The van der Waals surface area contributed by atoms with Crippen LogP contribution in [0.25, 0.3) is 0 Å². The lowest BCUT2D eigenvalue weighted by Gasteiger charge is -2.07. The minimum Gasteiger partial charge on any atom is -0.333 e. The van der Waals surface area contributed by atoms with Crippen molar-refractivity contribution in [1.29, 1.82) is 0 Å². The largest absolute Gasteiger partial charge is 0.333 e. The van der Waals surface area contributed by atoms with Crippen molar-refractivity contribution >= 4 is 21.8 Å². The maximum atomic E-state index is 11.3. The maximum Gasteiger partial charge on any atom is 0.265 e. The predicted molar refractivity (Wildman–Crippen MR) is 67.1 cm³/mol. The molecule has 1 aromatic heterocycles. The van der Waals surface area contributed by atoms with E-state index in [-0.39, 0.29) is 5.91 Å². The Balaban J connectivity index is 2.23. The van der Waals surface area contributed by atoms with Gasteiger partial charge < -0.3 is 4.57 Å². The van der Waals surface area contributed by atoms with Crippen LogP contribution < -0.4 is 11.3 Å². The highest BCUT2D eigenvalue weighted by Gasteiger charge is 2.07. The summed E-state index contributed by atoms with van der Waals surface area (Å²) in [6, 6.07) is 5.36. The molecule has 0 bridgehead atoms. The number of aromatic nitrogens is 2. The molecule has 1 heterocycles. The quantitative estimate of drug-likeness (QED) is 0.509. The number of rotatable bonds is 3. The zero-order chi connectivity index (χ0) is 12.3. The molecule has 6 heteroatoms.